The molecule has 1 unspecified atom stereocenters. The third-order valence-corrected chi connectivity index (χ3v) is 3.31. The molecule has 0 aliphatic heterocycles. The van der Waals surface area contributed by atoms with Crippen LogP contribution in [0.5, 0.6) is 0 Å². The van der Waals surface area contributed by atoms with Crippen molar-refractivity contribution < 1.29 is 0 Å². The Kier molecular flexibility index (Phi) is 4.80. The minimum Gasteiger partial charge on any atom is -0.271 e. The van der Waals surface area contributed by atoms with Crippen molar-refractivity contribution in [2.75, 3.05) is 0 Å². The van der Waals surface area contributed by atoms with E-state index < -0.39 is 0 Å². The number of hydrazine groups is 1. The van der Waals surface area contributed by atoms with Crippen molar-refractivity contribution >= 4 is 27.5 Å². The minimum atomic E-state index is -0.0556. The molecule has 0 aliphatic rings. The zero-order valence-corrected chi connectivity index (χ0v) is 11.1. The first-order chi connectivity index (χ1) is 7.06. The summed E-state index contributed by atoms with van der Waals surface area (Å²) < 4.78 is 0.879. The van der Waals surface area contributed by atoms with Crippen molar-refractivity contribution in [2.45, 2.75) is 19.9 Å². The second kappa shape index (κ2) is 5.66. The van der Waals surface area contributed by atoms with Crippen LogP contribution in [-0.4, -0.2) is 0 Å². The second-order valence-electron chi connectivity index (χ2n) is 3.53. The molecule has 0 aromatic heterocycles. The average molecular weight is 290 g/mol. The normalized spacial score (nSPS) is 12.3. The van der Waals surface area contributed by atoms with E-state index in [9.17, 15) is 0 Å². The molecule has 15 heavy (non-hydrogen) atoms. The summed E-state index contributed by atoms with van der Waals surface area (Å²) in [5.41, 5.74) is 4.89. The van der Waals surface area contributed by atoms with Crippen molar-refractivity contribution in [1.82, 2.24) is 5.43 Å². The third-order valence-electron chi connectivity index (χ3n) is 2.00. The lowest BCUT2D eigenvalue weighted by atomic mass is 10.1. The highest BCUT2D eigenvalue weighted by atomic mass is 79.9. The van der Waals surface area contributed by atoms with Crippen LogP contribution in [0.2, 0.25) is 5.02 Å². The Morgan fingerprint density at radius 2 is 2.20 bits per heavy atom. The largest absolute Gasteiger partial charge is 0.271 e. The number of halogens is 2. The monoisotopic (exact) mass is 288 g/mol. The molecule has 0 saturated carbocycles. The highest BCUT2D eigenvalue weighted by Crippen LogP contribution is 2.30. The van der Waals surface area contributed by atoms with E-state index >= 15 is 0 Å². The molecular weight excluding hydrogens is 275 g/mol. The zero-order valence-electron chi connectivity index (χ0n) is 8.72. The summed E-state index contributed by atoms with van der Waals surface area (Å²) in [4.78, 5) is 0. The van der Waals surface area contributed by atoms with Crippen LogP contribution in [0, 0.1) is 0 Å². The SMILES string of the molecule is CC(C)=CC(NN)c1cccc(Br)c1Cl. The zero-order chi connectivity index (χ0) is 11.4. The predicted molar refractivity (Wildman–Crippen MR) is 68.6 cm³/mol. The number of hydrogen-bond acceptors (Lipinski definition) is 2. The van der Waals surface area contributed by atoms with Gasteiger partial charge in [-0.25, -0.2) is 5.43 Å². The smallest absolute Gasteiger partial charge is 0.0658 e. The summed E-state index contributed by atoms with van der Waals surface area (Å²) in [7, 11) is 0. The van der Waals surface area contributed by atoms with Gasteiger partial charge in [0.25, 0.3) is 0 Å². The summed E-state index contributed by atoms with van der Waals surface area (Å²) in [5.74, 6) is 5.50. The van der Waals surface area contributed by atoms with Gasteiger partial charge in [0.1, 0.15) is 0 Å². The van der Waals surface area contributed by atoms with E-state index in [1.165, 1.54) is 5.57 Å². The van der Waals surface area contributed by atoms with Crippen molar-refractivity contribution in [2.24, 2.45) is 5.84 Å². The van der Waals surface area contributed by atoms with Crippen LogP contribution >= 0.6 is 27.5 Å². The average Bonchev–Trinajstić information content (AvgIpc) is 2.19. The molecule has 0 spiro atoms. The van der Waals surface area contributed by atoms with Crippen LogP contribution in [-0.2, 0) is 0 Å². The summed E-state index contributed by atoms with van der Waals surface area (Å²) >= 11 is 9.57. The van der Waals surface area contributed by atoms with Gasteiger partial charge in [-0.3, -0.25) is 5.84 Å². The standard InChI is InChI=1S/C11H14BrClN2/c1-7(2)6-10(15-14)8-4-3-5-9(12)11(8)13/h3-6,10,15H,14H2,1-2H3. The molecule has 3 N–H and O–H groups in total. The number of nitrogens with one attached hydrogen (secondary N) is 1. The minimum absolute atomic E-state index is 0.0556. The van der Waals surface area contributed by atoms with Gasteiger partial charge in [-0.1, -0.05) is 35.4 Å². The fourth-order valence-corrected chi connectivity index (χ4v) is 1.95. The van der Waals surface area contributed by atoms with Gasteiger partial charge in [0.15, 0.2) is 0 Å². The molecule has 0 aliphatic carbocycles. The van der Waals surface area contributed by atoms with E-state index in [1.807, 2.05) is 38.1 Å². The molecule has 0 bridgehead atoms. The van der Waals surface area contributed by atoms with E-state index in [-0.39, 0.29) is 6.04 Å². The Labute approximate surface area is 104 Å². The fourth-order valence-electron chi connectivity index (χ4n) is 1.32. The van der Waals surface area contributed by atoms with Crippen LogP contribution in [0.15, 0.2) is 34.3 Å². The van der Waals surface area contributed by atoms with Crippen LogP contribution in [0.4, 0.5) is 0 Å². The quantitative estimate of drug-likeness (QED) is 0.507. The topological polar surface area (TPSA) is 38.0 Å². The maximum atomic E-state index is 6.18. The van der Waals surface area contributed by atoms with Crippen molar-refractivity contribution in [3.63, 3.8) is 0 Å². The molecule has 1 rings (SSSR count). The first-order valence-electron chi connectivity index (χ1n) is 4.61. The molecule has 4 heteroatoms. The van der Waals surface area contributed by atoms with Gasteiger partial charge in [-0.2, -0.15) is 0 Å². The maximum Gasteiger partial charge on any atom is 0.0658 e. The van der Waals surface area contributed by atoms with Crippen molar-refractivity contribution in [3.8, 4) is 0 Å². The molecule has 0 heterocycles. The molecule has 1 atom stereocenters. The number of hydrogen-bond donors (Lipinski definition) is 2. The lowest BCUT2D eigenvalue weighted by molar-refractivity contribution is 0.652. The van der Waals surface area contributed by atoms with Gasteiger partial charge in [0.05, 0.1) is 11.1 Å². The Hall–Kier alpha value is -0.350. The van der Waals surface area contributed by atoms with Crippen LogP contribution in [0.25, 0.3) is 0 Å². The molecule has 0 saturated heterocycles. The summed E-state index contributed by atoms with van der Waals surface area (Å²) in [6.07, 6.45) is 2.04. The first kappa shape index (κ1) is 12.7. The Morgan fingerprint density at radius 3 is 2.73 bits per heavy atom. The molecule has 82 valence electrons. The van der Waals surface area contributed by atoms with E-state index in [1.54, 1.807) is 0 Å². The maximum absolute atomic E-state index is 6.18. The second-order valence-corrected chi connectivity index (χ2v) is 4.76. The van der Waals surface area contributed by atoms with Crippen LogP contribution in [0.1, 0.15) is 25.5 Å². The van der Waals surface area contributed by atoms with E-state index in [2.05, 4.69) is 21.4 Å². The summed E-state index contributed by atoms with van der Waals surface area (Å²) in [5, 5.41) is 0.693. The Balaban J connectivity index is 3.13. The number of benzene rings is 1. The van der Waals surface area contributed by atoms with Gasteiger partial charge >= 0.3 is 0 Å². The number of rotatable bonds is 3. The van der Waals surface area contributed by atoms with E-state index in [0.29, 0.717) is 5.02 Å². The first-order valence-corrected chi connectivity index (χ1v) is 5.78. The van der Waals surface area contributed by atoms with Gasteiger partial charge in [-0.15, -0.1) is 0 Å². The Morgan fingerprint density at radius 1 is 1.53 bits per heavy atom. The number of allylic oxidation sites excluding steroid dienone is 1. The molecular formula is C11H14BrClN2. The fraction of sp³-hybridized carbons (Fsp3) is 0.273. The molecule has 0 fully saturated rings. The molecule has 2 nitrogen and oxygen atoms in total. The number of nitrogens with two attached hydrogens (primary N) is 1. The van der Waals surface area contributed by atoms with Gasteiger partial charge in [-0.05, 0) is 41.4 Å². The lowest BCUT2D eigenvalue weighted by Gasteiger charge is -2.15. The highest BCUT2D eigenvalue weighted by molar-refractivity contribution is 9.10. The molecule has 0 amide bonds. The molecule has 1 aromatic rings. The van der Waals surface area contributed by atoms with Gasteiger partial charge < -0.3 is 0 Å². The van der Waals surface area contributed by atoms with Crippen LogP contribution < -0.4 is 11.3 Å². The third kappa shape index (κ3) is 3.31. The molecule has 1 aromatic carbocycles. The van der Waals surface area contributed by atoms with Gasteiger partial charge in [0, 0.05) is 4.47 Å². The Bertz CT molecular complexity index is 373. The summed E-state index contributed by atoms with van der Waals surface area (Å²) in [6.45, 7) is 4.05. The lowest BCUT2D eigenvalue weighted by Crippen LogP contribution is -2.27. The summed E-state index contributed by atoms with van der Waals surface area (Å²) in [6, 6.07) is 5.74. The molecule has 0 radical (unpaired) electrons. The van der Waals surface area contributed by atoms with Crippen molar-refractivity contribution in [3.05, 3.63) is 44.9 Å². The van der Waals surface area contributed by atoms with Crippen molar-refractivity contribution in [1.29, 1.82) is 0 Å². The van der Waals surface area contributed by atoms with E-state index in [4.69, 9.17) is 17.4 Å². The predicted octanol–water partition coefficient (Wildman–Crippen LogP) is 3.57. The van der Waals surface area contributed by atoms with Gasteiger partial charge in [0.2, 0.25) is 0 Å². The van der Waals surface area contributed by atoms with E-state index in [0.717, 1.165) is 10.0 Å². The van der Waals surface area contributed by atoms with Crippen LogP contribution in [0.3, 0.4) is 0 Å². The highest BCUT2D eigenvalue weighted by Gasteiger charge is 2.12.